The Morgan fingerprint density at radius 3 is 2.50 bits per heavy atom. The van der Waals surface area contributed by atoms with Gasteiger partial charge in [0.05, 0.1) is 0 Å². The number of amides is 2. The third kappa shape index (κ3) is 3.72. The van der Waals surface area contributed by atoms with Crippen molar-refractivity contribution >= 4 is 11.8 Å². The van der Waals surface area contributed by atoms with Crippen LogP contribution in [-0.4, -0.2) is 49.9 Å². The molecule has 0 aromatic rings. The second kappa shape index (κ2) is 6.57. The first-order chi connectivity index (χ1) is 9.47. The van der Waals surface area contributed by atoms with Gasteiger partial charge in [0.2, 0.25) is 0 Å². The topological polar surface area (TPSA) is 61.4 Å². The second-order valence-corrected chi connectivity index (χ2v) is 6.66. The van der Waals surface area contributed by atoms with Crippen LogP contribution in [0.2, 0.25) is 0 Å². The SMILES string of the molecule is CC(NC(=O)C(=O)NCCN(C)C)C1CC2CCC1C2. The lowest BCUT2D eigenvalue weighted by atomic mass is 9.84. The molecule has 4 atom stereocenters. The number of hydrogen-bond donors (Lipinski definition) is 2. The molecule has 0 aliphatic heterocycles. The molecular formula is C15H27N3O2. The summed E-state index contributed by atoms with van der Waals surface area (Å²) in [6.45, 7) is 3.28. The highest BCUT2D eigenvalue weighted by Gasteiger charge is 2.42. The van der Waals surface area contributed by atoms with Crippen LogP contribution < -0.4 is 10.6 Å². The monoisotopic (exact) mass is 281 g/mol. The maximum absolute atomic E-state index is 11.9. The highest BCUT2D eigenvalue weighted by atomic mass is 16.2. The van der Waals surface area contributed by atoms with Crippen molar-refractivity contribution in [2.24, 2.45) is 17.8 Å². The molecule has 0 aromatic carbocycles. The first-order valence-corrected chi connectivity index (χ1v) is 7.70. The van der Waals surface area contributed by atoms with Gasteiger partial charge in [-0.25, -0.2) is 0 Å². The van der Waals surface area contributed by atoms with Crippen molar-refractivity contribution < 1.29 is 9.59 Å². The van der Waals surface area contributed by atoms with Crippen LogP contribution >= 0.6 is 0 Å². The van der Waals surface area contributed by atoms with Gasteiger partial charge in [-0.15, -0.1) is 0 Å². The van der Waals surface area contributed by atoms with E-state index in [0.29, 0.717) is 12.5 Å². The highest BCUT2D eigenvalue weighted by molar-refractivity contribution is 6.35. The molecule has 2 saturated carbocycles. The summed E-state index contributed by atoms with van der Waals surface area (Å²) in [6, 6.07) is 0.109. The van der Waals surface area contributed by atoms with E-state index in [-0.39, 0.29) is 6.04 Å². The summed E-state index contributed by atoms with van der Waals surface area (Å²) in [7, 11) is 3.87. The molecule has 2 amide bonds. The van der Waals surface area contributed by atoms with Crippen molar-refractivity contribution in [2.75, 3.05) is 27.2 Å². The van der Waals surface area contributed by atoms with Crippen LogP contribution in [0, 0.1) is 17.8 Å². The molecule has 0 heterocycles. The summed E-state index contributed by atoms with van der Waals surface area (Å²) in [4.78, 5) is 25.5. The number of fused-ring (bicyclic) bond motifs is 2. The van der Waals surface area contributed by atoms with Crippen LogP contribution in [-0.2, 0) is 9.59 Å². The number of rotatable bonds is 5. The predicted molar refractivity (Wildman–Crippen MR) is 78.1 cm³/mol. The predicted octanol–water partition coefficient (Wildman–Crippen LogP) is 0.605. The van der Waals surface area contributed by atoms with Crippen LogP contribution in [0.15, 0.2) is 0 Å². The Labute approximate surface area is 121 Å². The van der Waals surface area contributed by atoms with Gasteiger partial charge in [-0.05, 0) is 58.0 Å². The minimum Gasteiger partial charge on any atom is -0.347 e. The third-order valence-corrected chi connectivity index (χ3v) is 4.84. The molecule has 4 unspecified atom stereocenters. The molecular weight excluding hydrogens is 254 g/mol. The molecule has 2 N–H and O–H groups in total. The fourth-order valence-electron chi connectivity index (χ4n) is 3.76. The van der Waals surface area contributed by atoms with Crippen LogP contribution in [0.4, 0.5) is 0 Å². The minimum absolute atomic E-state index is 0.109. The summed E-state index contributed by atoms with van der Waals surface area (Å²) in [5, 5.41) is 5.53. The molecule has 0 aromatic heterocycles. The van der Waals surface area contributed by atoms with Crippen molar-refractivity contribution in [3.63, 3.8) is 0 Å². The van der Waals surface area contributed by atoms with Crippen molar-refractivity contribution in [2.45, 2.75) is 38.6 Å². The first kappa shape index (κ1) is 15.3. The fraction of sp³-hybridized carbons (Fsp3) is 0.867. The van der Waals surface area contributed by atoms with E-state index < -0.39 is 11.8 Å². The molecule has 2 rings (SSSR count). The summed E-state index contributed by atoms with van der Waals surface area (Å²) in [5.74, 6) is 1.18. The number of carbonyl (C=O) groups is 2. The molecule has 2 bridgehead atoms. The van der Waals surface area contributed by atoms with E-state index in [0.717, 1.165) is 18.4 Å². The molecule has 5 nitrogen and oxygen atoms in total. The molecule has 20 heavy (non-hydrogen) atoms. The molecule has 0 radical (unpaired) electrons. The number of carbonyl (C=O) groups excluding carboxylic acids is 2. The van der Waals surface area contributed by atoms with Gasteiger partial charge in [0.25, 0.3) is 0 Å². The van der Waals surface area contributed by atoms with Gasteiger partial charge in [0.15, 0.2) is 0 Å². The quantitative estimate of drug-likeness (QED) is 0.726. The zero-order valence-corrected chi connectivity index (χ0v) is 12.8. The first-order valence-electron chi connectivity index (χ1n) is 7.70. The summed E-state index contributed by atoms with van der Waals surface area (Å²) >= 11 is 0. The van der Waals surface area contributed by atoms with E-state index in [9.17, 15) is 9.59 Å². The summed E-state index contributed by atoms with van der Waals surface area (Å²) < 4.78 is 0. The Morgan fingerprint density at radius 1 is 1.20 bits per heavy atom. The van der Waals surface area contributed by atoms with Gasteiger partial charge in [-0.1, -0.05) is 6.42 Å². The van der Waals surface area contributed by atoms with Crippen molar-refractivity contribution in [1.82, 2.24) is 15.5 Å². The van der Waals surface area contributed by atoms with Crippen LogP contribution in [0.3, 0.4) is 0 Å². The zero-order chi connectivity index (χ0) is 14.7. The Balaban J connectivity index is 1.72. The molecule has 0 saturated heterocycles. The Bertz CT molecular complexity index is 370. The summed E-state index contributed by atoms with van der Waals surface area (Å²) in [5.41, 5.74) is 0. The minimum atomic E-state index is -0.512. The average Bonchev–Trinajstić information content (AvgIpc) is 3.00. The number of likely N-dealkylation sites (N-methyl/N-ethyl adjacent to an activating group) is 1. The van der Waals surface area contributed by atoms with E-state index in [1.807, 2.05) is 25.9 Å². The summed E-state index contributed by atoms with van der Waals surface area (Å²) in [6.07, 6.45) is 5.19. The van der Waals surface area contributed by atoms with Crippen molar-refractivity contribution in [3.05, 3.63) is 0 Å². The van der Waals surface area contributed by atoms with Crippen LogP contribution in [0.1, 0.15) is 32.6 Å². The van der Waals surface area contributed by atoms with E-state index in [1.54, 1.807) is 0 Å². The maximum Gasteiger partial charge on any atom is 0.309 e. The van der Waals surface area contributed by atoms with Crippen molar-refractivity contribution in [1.29, 1.82) is 0 Å². The van der Waals surface area contributed by atoms with Gasteiger partial charge in [0, 0.05) is 19.1 Å². The molecule has 0 spiro atoms. The fourth-order valence-corrected chi connectivity index (χ4v) is 3.76. The Kier molecular flexibility index (Phi) is 5.02. The van der Waals surface area contributed by atoms with E-state index in [1.165, 1.54) is 25.7 Å². The molecule has 114 valence electrons. The Morgan fingerprint density at radius 2 is 1.95 bits per heavy atom. The lowest BCUT2D eigenvalue weighted by Gasteiger charge is -2.28. The largest absolute Gasteiger partial charge is 0.347 e. The smallest absolute Gasteiger partial charge is 0.309 e. The van der Waals surface area contributed by atoms with E-state index >= 15 is 0 Å². The lowest BCUT2D eigenvalue weighted by molar-refractivity contribution is -0.139. The number of nitrogens with one attached hydrogen (secondary N) is 2. The molecule has 2 aliphatic rings. The molecule has 2 fully saturated rings. The number of hydrogen-bond acceptors (Lipinski definition) is 3. The second-order valence-electron chi connectivity index (χ2n) is 6.66. The van der Waals surface area contributed by atoms with E-state index in [4.69, 9.17) is 0 Å². The van der Waals surface area contributed by atoms with E-state index in [2.05, 4.69) is 10.6 Å². The number of nitrogens with zero attached hydrogens (tertiary/aromatic N) is 1. The standard InChI is InChI=1S/C15H27N3O2/c1-10(13-9-11-4-5-12(13)8-11)17-15(20)14(19)16-6-7-18(2)3/h10-13H,4-9H2,1-3H3,(H,16,19)(H,17,20). The van der Waals surface area contributed by atoms with Crippen LogP contribution in [0.5, 0.6) is 0 Å². The zero-order valence-electron chi connectivity index (χ0n) is 12.8. The Hall–Kier alpha value is -1.10. The lowest BCUT2D eigenvalue weighted by Crippen LogP contribution is -2.47. The average molecular weight is 281 g/mol. The highest BCUT2D eigenvalue weighted by Crippen LogP contribution is 2.49. The van der Waals surface area contributed by atoms with Gasteiger partial charge < -0.3 is 15.5 Å². The maximum atomic E-state index is 11.9. The van der Waals surface area contributed by atoms with Gasteiger partial charge in [0.1, 0.15) is 0 Å². The van der Waals surface area contributed by atoms with Gasteiger partial charge in [-0.3, -0.25) is 9.59 Å². The third-order valence-electron chi connectivity index (χ3n) is 4.84. The van der Waals surface area contributed by atoms with Gasteiger partial charge >= 0.3 is 11.8 Å². The van der Waals surface area contributed by atoms with Crippen LogP contribution in [0.25, 0.3) is 0 Å². The normalized spacial score (nSPS) is 29.5. The molecule has 5 heteroatoms. The molecule has 2 aliphatic carbocycles. The van der Waals surface area contributed by atoms with Gasteiger partial charge in [-0.2, -0.15) is 0 Å². The van der Waals surface area contributed by atoms with Crippen molar-refractivity contribution in [3.8, 4) is 0 Å².